The van der Waals surface area contributed by atoms with Crippen molar-refractivity contribution in [3.05, 3.63) is 47.6 Å². The van der Waals surface area contributed by atoms with Crippen LogP contribution in [0.15, 0.2) is 47.6 Å². The second kappa shape index (κ2) is 30.8. The molecule has 426 valence electrons. The molecule has 1 amide bonds. The molecule has 1 aliphatic carbocycles. The van der Waals surface area contributed by atoms with Gasteiger partial charge in [0.25, 0.3) is 11.7 Å². The maximum absolute atomic E-state index is 14.6. The number of piperidine rings is 1. The summed E-state index contributed by atoms with van der Waals surface area (Å²) < 4.78 is 42.2. The third-order valence-electron chi connectivity index (χ3n) is 16.3. The first kappa shape index (κ1) is 64.3. The third-order valence-corrected chi connectivity index (χ3v) is 18.9. The Morgan fingerprint density at radius 3 is 2.27 bits per heavy atom. The standard InChI is InChI=1S/C58H95NO15Si/c1-37-18-14-13-15-19-38(2)49(68-8)34-45-23-21-43(7)58(67,74-45)55(64)56(65)59-25-17-16-20-46(59)57(66)73-50(35-47(61)39(3)31-42(6)53(63)54(70-10)52(62)41(5)30-37)40(4)32-44-22-24-48(51(33-44)69-9)72-28-27-71-36-75(11,12)29-26-60/h13-15,18-19,31,37,39-41,43-46,48-51,53-54,60,63,67H,16-17,20-30,32-36H2,1-12H3/b15-13+,18-14+,38-19+,42-31+/t37-,39-,40-,41-,43-,44+,45+,46+,48-,49+,50+,51-,53-,54+,58-/m1/s1. The molecular weight excluding hydrogens is 979 g/mol. The van der Waals surface area contributed by atoms with E-state index in [0.29, 0.717) is 76.4 Å². The van der Waals surface area contributed by atoms with Gasteiger partial charge in [0.2, 0.25) is 5.79 Å². The van der Waals surface area contributed by atoms with Crippen molar-refractivity contribution in [2.24, 2.45) is 35.5 Å². The van der Waals surface area contributed by atoms with Crippen LogP contribution >= 0.6 is 0 Å². The van der Waals surface area contributed by atoms with E-state index in [4.69, 9.17) is 33.2 Å². The highest BCUT2D eigenvalue weighted by Crippen LogP contribution is 2.38. The van der Waals surface area contributed by atoms with E-state index in [9.17, 15) is 39.3 Å². The SMILES string of the molecule is CO[C@H]1C[C@@H]2CC[C@@H](C)[C@@](O)(O2)C(=O)C(=O)N2CCCC[C@H]2C(=O)O[C@H]([C@H](C)C[C@@H]2CC[C@@H](OCCOC[Si](C)(C)CCO)[C@H](OC)C2)CC(=O)[C@H](C)/C=C(\C)[C@@H](O)[C@@H](OC)C(=O)[C@H](C)C[C@H](C)/C=C/C=C/C=C/1C. The molecule has 0 unspecified atom stereocenters. The Hall–Kier alpha value is -3.23. The van der Waals surface area contributed by atoms with Crippen molar-refractivity contribution in [1.29, 1.82) is 0 Å². The van der Waals surface area contributed by atoms with Crippen LogP contribution < -0.4 is 0 Å². The molecule has 0 aromatic rings. The van der Waals surface area contributed by atoms with Crippen molar-refractivity contribution in [2.45, 2.75) is 199 Å². The van der Waals surface area contributed by atoms with Gasteiger partial charge in [-0.25, -0.2) is 4.79 Å². The molecule has 4 rings (SSSR count). The highest BCUT2D eigenvalue weighted by molar-refractivity contribution is 6.77. The number of aliphatic hydroxyl groups is 3. The minimum absolute atomic E-state index is 0.0127. The summed E-state index contributed by atoms with van der Waals surface area (Å²) in [4.78, 5) is 72.7. The van der Waals surface area contributed by atoms with Gasteiger partial charge in [-0.15, -0.1) is 0 Å². The fourth-order valence-electron chi connectivity index (χ4n) is 11.3. The zero-order valence-corrected chi connectivity index (χ0v) is 48.5. The van der Waals surface area contributed by atoms with Gasteiger partial charge in [-0.3, -0.25) is 19.2 Å². The number of esters is 1. The van der Waals surface area contributed by atoms with Gasteiger partial charge in [0, 0.05) is 71.3 Å². The van der Waals surface area contributed by atoms with E-state index in [1.807, 2.05) is 58.1 Å². The molecule has 3 aliphatic heterocycles. The molecule has 1 saturated carbocycles. The molecule has 4 aliphatic rings. The number of hydrogen-bond donors (Lipinski definition) is 3. The lowest BCUT2D eigenvalue weighted by Gasteiger charge is -2.42. The van der Waals surface area contributed by atoms with E-state index in [2.05, 4.69) is 13.1 Å². The zero-order valence-electron chi connectivity index (χ0n) is 47.5. The van der Waals surface area contributed by atoms with Gasteiger partial charge < -0.3 is 53.4 Å². The maximum Gasteiger partial charge on any atom is 0.329 e. The smallest absolute Gasteiger partial charge is 0.329 e. The van der Waals surface area contributed by atoms with E-state index < -0.39 is 85.8 Å². The molecule has 3 heterocycles. The topological polar surface area (TPSA) is 214 Å². The number of nitrogens with zero attached hydrogens (tertiary/aromatic N) is 1. The van der Waals surface area contributed by atoms with Crippen molar-refractivity contribution in [3.63, 3.8) is 0 Å². The summed E-state index contributed by atoms with van der Waals surface area (Å²) in [6, 6.07) is -0.371. The van der Waals surface area contributed by atoms with Crippen LogP contribution in [0.5, 0.6) is 0 Å². The number of carbonyl (C=O) groups is 5. The van der Waals surface area contributed by atoms with Crippen molar-refractivity contribution < 1.29 is 72.5 Å². The Balaban J connectivity index is 1.64. The molecule has 17 heteroatoms. The number of hydrogen-bond acceptors (Lipinski definition) is 15. The summed E-state index contributed by atoms with van der Waals surface area (Å²) in [6.45, 7) is 18.2. The first-order valence-electron chi connectivity index (χ1n) is 27.8. The molecular formula is C58H95NO15Si. The average Bonchev–Trinajstić information content (AvgIpc) is 3.37. The third kappa shape index (κ3) is 18.7. The molecule has 3 fully saturated rings. The quantitative estimate of drug-likeness (QED) is 0.0506. The van der Waals surface area contributed by atoms with Gasteiger partial charge in [0.05, 0.1) is 45.7 Å². The van der Waals surface area contributed by atoms with Crippen LogP contribution in [0.3, 0.4) is 0 Å². The molecule has 75 heavy (non-hydrogen) atoms. The summed E-state index contributed by atoms with van der Waals surface area (Å²) in [7, 11) is 3.00. The molecule has 0 aromatic carbocycles. The fraction of sp³-hybridized carbons (Fsp3) is 0.776. The van der Waals surface area contributed by atoms with Crippen LogP contribution in [0.4, 0.5) is 0 Å². The number of carbonyl (C=O) groups excluding carboxylic acids is 5. The average molecular weight is 1070 g/mol. The second-order valence-electron chi connectivity index (χ2n) is 23.1. The monoisotopic (exact) mass is 1070 g/mol. The lowest BCUT2D eigenvalue weighted by Crippen LogP contribution is -2.61. The molecule has 0 radical (unpaired) electrons. The summed E-state index contributed by atoms with van der Waals surface area (Å²) in [5.74, 6) is -7.96. The number of Topliss-reactive ketones (excluding diaryl/α,β-unsaturated/α-hetero) is 3. The van der Waals surface area contributed by atoms with Gasteiger partial charge >= 0.3 is 5.97 Å². The van der Waals surface area contributed by atoms with E-state index in [0.717, 1.165) is 24.5 Å². The van der Waals surface area contributed by atoms with E-state index in [1.165, 1.54) is 12.0 Å². The van der Waals surface area contributed by atoms with Crippen LogP contribution in [0, 0.1) is 35.5 Å². The summed E-state index contributed by atoms with van der Waals surface area (Å²) in [5.41, 5.74) is 1.27. The molecule has 3 N–H and O–H groups in total. The highest BCUT2D eigenvalue weighted by Gasteiger charge is 2.53. The van der Waals surface area contributed by atoms with Gasteiger partial charge in [-0.2, -0.15) is 0 Å². The van der Waals surface area contributed by atoms with Crippen molar-refractivity contribution >= 4 is 37.3 Å². The van der Waals surface area contributed by atoms with E-state index in [-0.39, 0.29) is 67.5 Å². The number of allylic oxidation sites excluding steroid dienone is 6. The van der Waals surface area contributed by atoms with Gasteiger partial charge in [-0.05, 0) is 113 Å². The Bertz CT molecular complexity index is 1990. The lowest BCUT2D eigenvalue weighted by atomic mass is 9.78. The molecule has 16 nitrogen and oxygen atoms in total. The predicted octanol–water partition coefficient (Wildman–Crippen LogP) is 7.46. The Labute approximate surface area is 449 Å². The van der Waals surface area contributed by atoms with Crippen LogP contribution in [0.2, 0.25) is 19.1 Å². The first-order chi connectivity index (χ1) is 35.5. The number of aliphatic hydroxyl groups excluding tert-OH is 2. The molecule has 2 bridgehead atoms. The summed E-state index contributed by atoms with van der Waals surface area (Å²) in [5, 5.41) is 33.0. The molecule has 2 saturated heterocycles. The number of fused-ring (bicyclic) bond motifs is 3. The zero-order chi connectivity index (χ0) is 55.6. The maximum atomic E-state index is 14.6. The Morgan fingerprint density at radius 1 is 0.853 bits per heavy atom. The van der Waals surface area contributed by atoms with E-state index in [1.54, 1.807) is 41.1 Å². The number of cyclic esters (lactones) is 1. The summed E-state index contributed by atoms with van der Waals surface area (Å²) >= 11 is 0. The van der Waals surface area contributed by atoms with Crippen LogP contribution in [0.1, 0.15) is 126 Å². The van der Waals surface area contributed by atoms with Crippen molar-refractivity contribution in [2.75, 3.05) is 53.9 Å². The largest absolute Gasteiger partial charge is 0.460 e. The molecule has 15 atom stereocenters. The second-order valence-corrected chi connectivity index (χ2v) is 28.2. The van der Waals surface area contributed by atoms with Crippen molar-refractivity contribution in [1.82, 2.24) is 4.90 Å². The predicted molar refractivity (Wildman–Crippen MR) is 289 cm³/mol. The fourth-order valence-corrected chi connectivity index (χ4v) is 12.7. The lowest BCUT2D eigenvalue weighted by molar-refractivity contribution is -0.265. The number of ether oxygens (including phenoxy) is 7. The normalized spacial score (nSPS) is 36.9. The molecule has 0 aromatic heterocycles. The minimum Gasteiger partial charge on any atom is -0.460 e. The van der Waals surface area contributed by atoms with E-state index >= 15 is 0 Å². The Kier molecular flexibility index (Phi) is 26.4. The number of methoxy groups -OCH3 is 3. The van der Waals surface area contributed by atoms with Crippen LogP contribution in [-0.2, 0) is 57.1 Å². The van der Waals surface area contributed by atoms with Gasteiger partial charge in [0.15, 0.2) is 5.78 Å². The number of rotatable bonds is 14. The van der Waals surface area contributed by atoms with Gasteiger partial charge in [-0.1, -0.05) is 84.2 Å². The number of amides is 1. The highest BCUT2D eigenvalue weighted by atomic mass is 28.3. The molecule has 0 spiro atoms. The minimum atomic E-state index is -2.44. The Morgan fingerprint density at radius 2 is 1.59 bits per heavy atom. The first-order valence-corrected chi connectivity index (χ1v) is 31.2. The summed E-state index contributed by atoms with van der Waals surface area (Å²) in [6.07, 6.45) is 12.8. The van der Waals surface area contributed by atoms with Crippen LogP contribution in [-0.4, -0.2) is 166 Å². The van der Waals surface area contributed by atoms with Crippen LogP contribution in [0.25, 0.3) is 0 Å². The number of ketones is 3. The van der Waals surface area contributed by atoms with Crippen molar-refractivity contribution in [3.8, 4) is 0 Å². The van der Waals surface area contributed by atoms with Gasteiger partial charge in [0.1, 0.15) is 30.1 Å².